The minimum Gasteiger partial charge on any atom is -0.481 e. The fourth-order valence-corrected chi connectivity index (χ4v) is 3.11. The third-order valence-electron chi connectivity index (χ3n) is 4.11. The number of fused-ring (bicyclic) bond motifs is 1. The smallest absolute Gasteiger partial charge is 0.306 e. The summed E-state index contributed by atoms with van der Waals surface area (Å²) >= 11 is 5.91. The molecule has 0 spiro atoms. The van der Waals surface area contributed by atoms with Crippen molar-refractivity contribution in [3.05, 3.63) is 40.6 Å². The number of rotatable bonds is 2. The van der Waals surface area contributed by atoms with E-state index < -0.39 is 5.97 Å². The van der Waals surface area contributed by atoms with Gasteiger partial charge in [0.05, 0.1) is 5.92 Å². The molecule has 0 unspecified atom stereocenters. The van der Waals surface area contributed by atoms with E-state index in [9.17, 15) is 9.90 Å². The molecule has 0 saturated heterocycles. The van der Waals surface area contributed by atoms with Crippen molar-refractivity contribution in [1.29, 1.82) is 0 Å². The van der Waals surface area contributed by atoms with Crippen LogP contribution in [0.25, 0.3) is 11.3 Å². The molecule has 0 radical (unpaired) electrons. The van der Waals surface area contributed by atoms with Crippen molar-refractivity contribution in [1.82, 2.24) is 5.16 Å². The van der Waals surface area contributed by atoms with Gasteiger partial charge in [0, 0.05) is 22.1 Å². The number of halogens is 1. The van der Waals surface area contributed by atoms with Gasteiger partial charge in [0.2, 0.25) is 0 Å². The molecular formula is C16H16ClNO3. The normalized spacial score (nSPS) is 21.6. The van der Waals surface area contributed by atoms with E-state index in [-0.39, 0.29) is 11.8 Å². The van der Waals surface area contributed by atoms with E-state index in [0.717, 1.165) is 22.6 Å². The van der Waals surface area contributed by atoms with Crippen molar-refractivity contribution < 1.29 is 14.4 Å². The highest BCUT2D eigenvalue weighted by Gasteiger charge is 2.31. The van der Waals surface area contributed by atoms with Crippen LogP contribution in [0.4, 0.5) is 0 Å². The van der Waals surface area contributed by atoms with Crippen molar-refractivity contribution in [2.45, 2.75) is 32.1 Å². The second kappa shape index (κ2) is 5.53. The summed E-state index contributed by atoms with van der Waals surface area (Å²) in [5.41, 5.74) is 2.79. The molecule has 1 aliphatic rings. The number of aromatic nitrogens is 1. The summed E-state index contributed by atoms with van der Waals surface area (Å²) in [6, 6.07) is 7.45. The Kier molecular flexibility index (Phi) is 3.72. The molecule has 2 aromatic rings. The van der Waals surface area contributed by atoms with E-state index in [2.05, 4.69) is 5.16 Å². The molecule has 1 aliphatic carbocycles. The topological polar surface area (TPSA) is 63.3 Å². The van der Waals surface area contributed by atoms with Crippen LogP contribution in [0.2, 0.25) is 5.02 Å². The van der Waals surface area contributed by atoms with E-state index in [1.165, 1.54) is 0 Å². The van der Waals surface area contributed by atoms with Crippen LogP contribution >= 0.6 is 11.6 Å². The number of hydrogen-bond acceptors (Lipinski definition) is 3. The monoisotopic (exact) mass is 305 g/mol. The van der Waals surface area contributed by atoms with Crippen LogP contribution in [0.5, 0.6) is 0 Å². The fraction of sp³-hybridized carbons (Fsp3) is 0.375. The van der Waals surface area contributed by atoms with Crippen LogP contribution in [0.1, 0.15) is 37.0 Å². The first-order valence-corrected chi connectivity index (χ1v) is 7.41. The SMILES string of the molecule is C[C@@H]1C[C@@H](C(=O)O)CCc2c(-c3ccc(Cl)cc3)noc21. The Morgan fingerprint density at radius 2 is 2.10 bits per heavy atom. The Balaban J connectivity index is 1.98. The van der Waals surface area contributed by atoms with Gasteiger partial charge in [0.1, 0.15) is 11.5 Å². The molecule has 21 heavy (non-hydrogen) atoms. The van der Waals surface area contributed by atoms with Gasteiger partial charge >= 0.3 is 5.97 Å². The molecular weight excluding hydrogens is 290 g/mol. The van der Waals surface area contributed by atoms with Crippen molar-refractivity contribution in [2.24, 2.45) is 5.92 Å². The molecule has 0 fully saturated rings. The van der Waals surface area contributed by atoms with Crippen molar-refractivity contribution in [3.63, 3.8) is 0 Å². The molecule has 0 aliphatic heterocycles. The number of carbonyl (C=O) groups is 1. The summed E-state index contributed by atoms with van der Waals surface area (Å²) in [5.74, 6) is -0.158. The van der Waals surface area contributed by atoms with E-state index in [1.54, 1.807) is 0 Å². The minimum atomic E-state index is -0.729. The highest BCUT2D eigenvalue weighted by Crippen LogP contribution is 2.38. The lowest BCUT2D eigenvalue weighted by atomic mass is 9.94. The van der Waals surface area contributed by atoms with Crippen molar-refractivity contribution in [2.75, 3.05) is 0 Å². The molecule has 4 nitrogen and oxygen atoms in total. The molecule has 1 aromatic heterocycles. The molecule has 1 N–H and O–H groups in total. The third-order valence-corrected chi connectivity index (χ3v) is 4.37. The molecule has 5 heteroatoms. The summed E-state index contributed by atoms with van der Waals surface area (Å²) < 4.78 is 5.52. The van der Waals surface area contributed by atoms with Crippen LogP contribution in [-0.2, 0) is 11.2 Å². The van der Waals surface area contributed by atoms with E-state index in [0.29, 0.717) is 24.3 Å². The predicted octanol–water partition coefficient (Wildman–Crippen LogP) is 4.14. The van der Waals surface area contributed by atoms with Gasteiger partial charge in [-0.2, -0.15) is 0 Å². The maximum atomic E-state index is 11.3. The van der Waals surface area contributed by atoms with Gasteiger partial charge in [-0.3, -0.25) is 4.79 Å². The minimum absolute atomic E-state index is 0.0668. The van der Waals surface area contributed by atoms with Gasteiger partial charge in [0.25, 0.3) is 0 Å². The molecule has 3 rings (SSSR count). The first-order chi connectivity index (χ1) is 10.1. The summed E-state index contributed by atoms with van der Waals surface area (Å²) in [6.45, 7) is 2.00. The second-order valence-electron chi connectivity index (χ2n) is 5.59. The Labute approximate surface area is 127 Å². The van der Waals surface area contributed by atoms with Gasteiger partial charge in [-0.15, -0.1) is 0 Å². The lowest BCUT2D eigenvalue weighted by Crippen LogP contribution is -2.14. The maximum absolute atomic E-state index is 11.3. The van der Waals surface area contributed by atoms with Gasteiger partial charge in [-0.1, -0.05) is 35.8 Å². The third kappa shape index (κ3) is 2.68. The zero-order valence-corrected chi connectivity index (χ0v) is 12.4. The first-order valence-electron chi connectivity index (χ1n) is 7.03. The van der Waals surface area contributed by atoms with Gasteiger partial charge in [0.15, 0.2) is 0 Å². The Hall–Kier alpha value is -1.81. The zero-order chi connectivity index (χ0) is 15.0. The number of hydrogen-bond donors (Lipinski definition) is 1. The summed E-state index contributed by atoms with van der Waals surface area (Å²) in [6.07, 6.45) is 1.89. The summed E-state index contributed by atoms with van der Waals surface area (Å²) in [4.78, 5) is 11.3. The molecule has 0 bridgehead atoms. The molecule has 0 saturated carbocycles. The lowest BCUT2D eigenvalue weighted by Gasteiger charge is -2.11. The Bertz CT molecular complexity index is 663. The number of benzene rings is 1. The molecule has 0 amide bonds. The largest absolute Gasteiger partial charge is 0.481 e. The molecule has 110 valence electrons. The highest BCUT2D eigenvalue weighted by atomic mass is 35.5. The number of aliphatic carboxylic acids is 1. The van der Waals surface area contributed by atoms with Gasteiger partial charge in [-0.25, -0.2) is 0 Å². The number of carboxylic acid groups (broad SMARTS) is 1. The first kappa shape index (κ1) is 14.1. The number of nitrogens with zero attached hydrogens (tertiary/aromatic N) is 1. The maximum Gasteiger partial charge on any atom is 0.306 e. The summed E-state index contributed by atoms with van der Waals surface area (Å²) in [5, 5.41) is 14.1. The van der Waals surface area contributed by atoms with Crippen LogP contribution < -0.4 is 0 Å². The van der Waals surface area contributed by atoms with Crippen LogP contribution in [0.15, 0.2) is 28.8 Å². The van der Waals surface area contributed by atoms with E-state index in [1.807, 2.05) is 31.2 Å². The number of carboxylic acids is 1. The Morgan fingerprint density at radius 1 is 1.38 bits per heavy atom. The van der Waals surface area contributed by atoms with Crippen molar-refractivity contribution in [3.8, 4) is 11.3 Å². The average Bonchev–Trinajstić information content (AvgIpc) is 2.80. The zero-order valence-electron chi connectivity index (χ0n) is 11.7. The summed E-state index contributed by atoms with van der Waals surface area (Å²) in [7, 11) is 0. The molecule has 1 aromatic carbocycles. The van der Waals surface area contributed by atoms with Crippen LogP contribution in [0.3, 0.4) is 0 Å². The van der Waals surface area contributed by atoms with Gasteiger partial charge in [-0.05, 0) is 31.4 Å². The molecule has 1 heterocycles. The van der Waals surface area contributed by atoms with Crippen LogP contribution in [0, 0.1) is 5.92 Å². The Morgan fingerprint density at radius 3 is 2.76 bits per heavy atom. The second-order valence-corrected chi connectivity index (χ2v) is 6.03. The standard InChI is InChI=1S/C16H16ClNO3/c1-9-8-11(16(19)20)4-7-13-14(18-21-15(9)13)10-2-5-12(17)6-3-10/h2-3,5-6,9,11H,4,7-8H2,1H3,(H,19,20)/t9-,11+/m1/s1. The average molecular weight is 306 g/mol. The highest BCUT2D eigenvalue weighted by molar-refractivity contribution is 6.30. The molecule has 2 atom stereocenters. The predicted molar refractivity (Wildman–Crippen MR) is 79.4 cm³/mol. The van der Waals surface area contributed by atoms with E-state index in [4.69, 9.17) is 16.1 Å². The van der Waals surface area contributed by atoms with Crippen LogP contribution in [-0.4, -0.2) is 16.2 Å². The van der Waals surface area contributed by atoms with Crippen molar-refractivity contribution >= 4 is 17.6 Å². The van der Waals surface area contributed by atoms with E-state index >= 15 is 0 Å². The quantitative estimate of drug-likeness (QED) is 0.847. The van der Waals surface area contributed by atoms with Gasteiger partial charge < -0.3 is 9.63 Å². The lowest BCUT2D eigenvalue weighted by molar-refractivity contribution is -0.142. The fourth-order valence-electron chi connectivity index (χ4n) is 2.98.